The SMILES string of the molecule is CCNC(=NCC(CCO)CC(C)C)N1CCN(CC(=O)N2CCCCC2)CC1. The lowest BCUT2D eigenvalue weighted by atomic mass is 9.94. The molecule has 2 fully saturated rings. The lowest BCUT2D eigenvalue weighted by molar-refractivity contribution is -0.133. The number of guanidine groups is 1. The Balaban J connectivity index is 1.83. The zero-order valence-electron chi connectivity index (χ0n) is 18.9. The van der Waals surface area contributed by atoms with Gasteiger partial charge in [-0.3, -0.25) is 14.7 Å². The minimum atomic E-state index is 0.229. The largest absolute Gasteiger partial charge is 0.396 e. The molecule has 0 bridgehead atoms. The first-order valence-electron chi connectivity index (χ1n) is 11.7. The van der Waals surface area contributed by atoms with Gasteiger partial charge in [0, 0.05) is 59.0 Å². The number of piperidine rings is 1. The summed E-state index contributed by atoms with van der Waals surface area (Å²) < 4.78 is 0. The van der Waals surface area contributed by atoms with Gasteiger partial charge < -0.3 is 20.2 Å². The van der Waals surface area contributed by atoms with Crippen LogP contribution in [0.2, 0.25) is 0 Å². The van der Waals surface area contributed by atoms with E-state index >= 15 is 0 Å². The van der Waals surface area contributed by atoms with E-state index < -0.39 is 0 Å². The Morgan fingerprint density at radius 3 is 2.31 bits per heavy atom. The summed E-state index contributed by atoms with van der Waals surface area (Å²) in [4.78, 5) is 24.1. The summed E-state index contributed by atoms with van der Waals surface area (Å²) in [6.07, 6.45) is 5.46. The second-order valence-corrected chi connectivity index (χ2v) is 8.91. The predicted molar refractivity (Wildman–Crippen MR) is 119 cm³/mol. The number of hydrogen-bond donors (Lipinski definition) is 2. The Labute approximate surface area is 177 Å². The van der Waals surface area contributed by atoms with E-state index in [-0.39, 0.29) is 6.61 Å². The van der Waals surface area contributed by atoms with Crippen molar-refractivity contribution in [2.45, 2.75) is 52.9 Å². The molecule has 0 radical (unpaired) electrons. The number of aliphatic hydroxyl groups excluding tert-OH is 1. The van der Waals surface area contributed by atoms with Crippen LogP contribution in [0, 0.1) is 11.8 Å². The van der Waals surface area contributed by atoms with E-state index in [4.69, 9.17) is 4.99 Å². The van der Waals surface area contributed by atoms with Crippen LogP contribution >= 0.6 is 0 Å². The second kappa shape index (κ2) is 13.1. The van der Waals surface area contributed by atoms with E-state index in [1.165, 1.54) is 6.42 Å². The first-order valence-corrected chi connectivity index (χ1v) is 11.7. The third-order valence-corrected chi connectivity index (χ3v) is 5.92. The molecule has 2 aliphatic rings. The maximum atomic E-state index is 12.5. The lowest BCUT2D eigenvalue weighted by Crippen LogP contribution is -2.54. The van der Waals surface area contributed by atoms with Crippen molar-refractivity contribution < 1.29 is 9.90 Å². The molecule has 168 valence electrons. The van der Waals surface area contributed by atoms with Crippen molar-refractivity contribution in [1.29, 1.82) is 0 Å². The molecule has 1 amide bonds. The highest BCUT2D eigenvalue weighted by atomic mass is 16.3. The van der Waals surface area contributed by atoms with Crippen molar-refractivity contribution in [2.75, 3.05) is 65.5 Å². The molecule has 2 heterocycles. The first kappa shape index (κ1) is 23.9. The van der Waals surface area contributed by atoms with Crippen molar-refractivity contribution in [3.05, 3.63) is 0 Å². The molecule has 0 saturated carbocycles. The molecular weight excluding hydrogens is 366 g/mol. The number of likely N-dealkylation sites (tertiary alicyclic amines) is 1. The minimum absolute atomic E-state index is 0.229. The van der Waals surface area contributed by atoms with Gasteiger partial charge in [0.25, 0.3) is 0 Å². The van der Waals surface area contributed by atoms with Gasteiger partial charge in [-0.2, -0.15) is 0 Å². The number of nitrogens with zero attached hydrogens (tertiary/aromatic N) is 4. The van der Waals surface area contributed by atoms with Crippen LogP contribution in [0.3, 0.4) is 0 Å². The van der Waals surface area contributed by atoms with Crippen LogP contribution in [0.15, 0.2) is 4.99 Å². The van der Waals surface area contributed by atoms with Gasteiger partial charge in [-0.15, -0.1) is 0 Å². The molecule has 1 unspecified atom stereocenters. The number of amides is 1. The molecule has 0 aromatic rings. The Morgan fingerprint density at radius 2 is 1.72 bits per heavy atom. The van der Waals surface area contributed by atoms with Gasteiger partial charge in [0.15, 0.2) is 5.96 Å². The third kappa shape index (κ3) is 8.51. The van der Waals surface area contributed by atoms with Gasteiger partial charge in [0.05, 0.1) is 6.54 Å². The molecule has 0 spiro atoms. The maximum Gasteiger partial charge on any atom is 0.236 e. The first-order chi connectivity index (χ1) is 14.0. The van der Waals surface area contributed by atoms with Crippen LogP contribution in [0.25, 0.3) is 0 Å². The fraction of sp³-hybridized carbons (Fsp3) is 0.909. The maximum absolute atomic E-state index is 12.5. The molecule has 2 N–H and O–H groups in total. The van der Waals surface area contributed by atoms with Crippen LogP contribution in [0.1, 0.15) is 52.9 Å². The summed E-state index contributed by atoms with van der Waals surface area (Å²) in [5.41, 5.74) is 0. The fourth-order valence-electron chi connectivity index (χ4n) is 4.33. The molecule has 1 atom stereocenters. The Bertz CT molecular complexity index is 497. The summed E-state index contributed by atoms with van der Waals surface area (Å²) in [7, 11) is 0. The number of carbonyl (C=O) groups is 1. The predicted octanol–water partition coefficient (Wildman–Crippen LogP) is 1.63. The van der Waals surface area contributed by atoms with Gasteiger partial charge in [-0.1, -0.05) is 13.8 Å². The normalized spacial score (nSPS) is 20.2. The number of aliphatic imine (C=N–C) groups is 1. The molecule has 7 nitrogen and oxygen atoms in total. The Morgan fingerprint density at radius 1 is 1.03 bits per heavy atom. The summed E-state index contributed by atoms with van der Waals surface area (Å²) >= 11 is 0. The molecule has 2 saturated heterocycles. The van der Waals surface area contributed by atoms with E-state index in [9.17, 15) is 9.90 Å². The monoisotopic (exact) mass is 409 g/mol. The number of nitrogens with one attached hydrogen (secondary N) is 1. The highest BCUT2D eigenvalue weighted by molar-refractivity contribution is 5.80. The van der Waals surface area contributed by atoms with Gasteiger partial charge in [-0.25, -0.2) is 0 Å². The molecule has 2 aliphatic heterocycles. The van der Waals surface area contributed by atoms with Crippen molar-refractivity contribution in [1.82, 2.24) is 20.0 Å². The summed E-state index contributed by atoms with van der Waals surface area (Å²) in [5.74, 6) is 2.31. The number of hydrogen-bond acceptors (Lipinski definition) is 4. The fourth-order valence-corrected chi connectivity index (χ4v) is 4.33. The number of carbonyl (C=O) groups excluding carboxylic acids is 1. The average Bonchev–Trinajstić information content (AvgIpc) is 2.72. The van der Waals surface area contributed by atoms with Crippen LogP contribution in [-0.4, -0.2) is 97.2 Å². The number of piperazine rings is 1. The van der Waals surface area contributed by atoms with Crippen molar-refractivity contribution in [3.63, 3.8) is 0 Å². The average molecular weight is 410 g/mol. The highest BCUT2D eigenvalue weighted by Crippen LogP contribution is 2.16. The van der Waals surface area contributed by atoms with E-state index in [0.717, 1.165) is 84.0 Å². The summed E-state index contributed by atoms with van der Waals surface area (Å²) in [6.45, 7) is 14.4. The van der Waals surface area contributed by atoms with Gasteiger partial charge in [0.2, 0.25) is 5.91 Å². The van der Waals surface area contributed by atoms with Gasteiger partial charge in [0.1, 0.15) is 0 Å². The minimum Gasteiger partial charge on any atom is -0.396 e. The summed E-state index contributed by atoms with van der Waals surface area (Å²) in [5, 5.41) is 12.8. The van der Waals surface area contributed by atoms with Crippen molar-refractivity contribution >= 4 is 11.9 Å². The lowest BCUT2D eigenvalue weighted by Gasteiger charge is -2.37. The zero-order chi connectivity index (χ0) is 21.1. The standard InChI is InChI=1S/C22H43N5O2/c1-4-23-22(24-17-20(8-15-28)16-19(2)3)27-13-11-25(12-14-27)18-21(29)26-9-6-5-7-10-26/h19-20,28H,4-18H2,1-3H3,(H,23,24). The molecule has 7 heteroatoms. The third-order valence-electron chi connectivity index (χ3n) is 5.92. The topological polar surface area (TPSA) is 71.4 Å². The van der Waals surface area contributed by atoms with Crippen LogP contribution < -0.4 is 5.32 Å². The molecular formula is C22H43N5O2. The van der Waals surface area contributed by atoms with Crippen LogP contribution in [0.4, 0.5) is 0 Å². The van der Waals surface area contributed by atoms with Crippen LogP contribution in [0.5, 0.6) is 0 Å². The van der Waals surface area contributed by atoms with E-state index in [1.54, 1.807) is 0 Å². The molecule has 0 aromatic heterocycles. The smallest absolute Gasteiger partial charge is 0.236 e. The van der Waals surface area contributed by atoms with Gasteiger partial charge >= 0.3 is 0 Å². The number of aliphatic hydroxyl groups is 1. The van der Waals surface area contributed by atoms with Crippen LogP contribution in [-0.2, 0) is 4.79 Å². The van der Waals surface area contributed by atoms with Crippen molar-refractivity contribution in [3.8, 4) is 0 Å². The molecule has 0 aliphatic carbocycles. The Kier molecular flexibility index (Phi) is 10.8. The molecule has 0 aromatic carbocycles. The molecule has 29 heavy (non-hydrogen) atoms. The van der Waals surface area contributed by atoms with Crippen molar-refractivity contribution in [2.24, 2.45) is 16.8 Å². The molecule has 2 rings (SSSR count). The van der Waals surface area contributed by atoms with E-state index in [1.807, 2.05) is 4.90 Å². The highest BCUT2D eigenvalue weighted by Gasteiger charge is 2.24. The van der Waals surface area contributed by atoms with E-state index in [2.05, 4.69) is 35.9 Å². The second-order valence-electron chi connectivity index (χ2n) is 8.91. The summed E-state index contributed by atoms with van der Waals surface area (Å²) in [6, 6.07) is 0. The Hall–Kier alpha value is -1.34. The zero-order valence-corrected chi connectivity index (χ0v) is 18.9. The quantitative estimate of drug-likeness (QED) is 0.447. The van der Waals surface area contributed by atoms with E-state index in [0.29, 0.717) is 24.3 Å². The van der Waals surface area contributed by atoms with Gasteiger partial charge in [-0.05, 0) is 50.9 Å². The number of rotatable bonds is 9.